The van der Waals surface area contributed by atoms with Crippen molar-refractivity contribution < 1.29 is 4.42 Å². The Bertz CT molecular complexity index is 2760. The summed E-state index contributed by atoms with van der Waals surface area (Å²) in [5, 5.41) is 6.89. The fourth-order valence-electron chi connectivity index (χ4n) is 7.69. The molecule has 9 aromatic rings. The van der Waals surface area contributed by atoms with Crippen molar-refractivity contribution in [1.82, 2.24) is 15.0 Å². The second-order valence-electron chi connectivity index (χ2n) is 13.2. The Morgan fingerprint density at radius 3 is 2.02 bits per heavy atom. The molecule has 0 radical (unpaired) electrons. The molecular weight excluding hydrogens is 587 g/mol. The minimum Gasteiger partial charge on any atom is -0.456 e. The summed E-state index contributed by atoms with van der Waals surface area (Å²) in [6, 6.07) is 49.0. The lowest BCUT2D eigenvalue weighted by Crippen LogP contribution is -2.14. The number of hydrogen-bond acceptors (Lipinski definition) is 4. The van der Waals surface area contributed by atoms with Crippen LogP contribution in [0.2, 0.25) is 0 Å². The van der Waals surface area contributed by atoms with Crippen LogP contribution < -0.4 is 0 Å². The molecule has 0 saturated heterocycles. The van der Waals surface area contributed by atoms with Gasteiger partial charge in [0.1, 0.15) is 11.2 Å². The highest BCUT2D eigenvalue weighted by Gasteiger charge is 2.35. The first kappa shape index (κ1) is 27.0. The zero-order valence-electron chi connectivity index (χ0n) is 26.5. The van der Waals surface area contributed by atoms with Crippen molar-refractivity contribution in [2.75, 3.05) is 0 Å². The van der Waals surface area contributed by atoms with E-state index in [1.54, 1.807) is 0 Å². The van der Waals surface area contributed by atoms with Gasteiger partial charge in [0.15, 0.2) is 17.5 Å². The molecule has 0 N–H and O–H groups in total. The molecular formula is C44H29N3O. The van der Waals surface area contributed by atoms with Gasteiger partial charge >= 0.3 is 0 Å². The van der Waals surface area contributed by atoms with Gasteiger partial charge in [-0.2, -0.15) is 0 Å². The van der Waals surface area contributed by atoms with Gasteiger partial charge in [-0.3, -0.25) is 0 Å². The number of hydrogen-bond donors (Lipinski definition) is 0. The Labute approximate surface area is 277 Å². The molecule has 226 valence electrons. The molecule has 48 heavy (non-hydrogen) atoms. The molecule has 0 atom stereocenters. The first-order valence-electron chi connectivity index (χ1n) is 16.4. The first-order valence-corrected chi connectivity index (χ1v) is 16.4. The monoisotopic (exact) mass is 615 g/mol. The minimum absolute atomic E-state index is 0.0744. The zero-order valence-corrected chi connectivity index (χ0v) is 26.5. The van der Waals surface area contributed by atoms with Crippen LogP contribution in [0.25, 0.3) is 88.8 Å². The number of benzene rings is 7. The van der Waals surface area contributed by atoms with Crippen molar-refractivity contribution in [2.45, 2.75) is 19.3 Å². The lowest BCUT2D eigenvalue weighted by Gasteiger charge is -2.22. The topological polar surface area (TPSA) is 51.8 Å². The van der Waals surface area contributed by atoms with Crippen LogP contribution in [0.5, 0.6) is 0 Å². The van der Waals surface area contributed by atoms with E-state index in [0.29, 0.717) is 17.5 Å². The van der Waals surface area contributed by atoms with E-state index in [-0.39, 0.29) is 5.41 Å². The molecule has 0 bridgehead atoms. The van der Waals surface area contributed by atoms with E-state index in [9.17, 15) is 0 Å². The average molecular weight is 616 g/mol. The van der Waals surface area contributed by atoms with Gasteiger partial charge in [0, 0.05) is 32.9 Å². The largest absolute Gasteiger partial charge is 0.456 e. The van der Waals surface area contributed by atoms with Crippen LogP contribution in [0.4, 0.5) is 0 Å². The SMILES string of the molecule is CC1(C)c2ccccc2-c2cc3ccc4c(-c5nc(-c6ccccc6)nc(-c6ccc7oc8ccccc8c7c6)n5)cccc4c3cc21. The van der Waals surface area contributed by atoms with Crippen LogP contribution in [0, 0.1) is 0 Å². The van der Waals surface area contributed by atoms with E-state index in [1.165, 1.54) is 38.4 Å². The Balaban J connectivity index is 1.19. The van der Waals surface area contributed by atoms with Crippen molar-refractivity contribution in [3.05, 3.63) is 151 Å². The number of rotatable bonds is 3. The normalized spacial score (nSPS) is 13.4. The summed E-state index contributed by atoms with van der Waals surface area (Å²) in [6.45, 7) is 4.67. The van der Waals surface area contributed by atoms with Crippen molar-refractivity contribution in [3.63, 3.8) is 0 Å². The van der Waals surface area contributed by atoms with E-state index in [2.05, 4.69) is 92.7 Å². The van der Waals surface area contributed by atoms with Crippen LogP contribution in [0.15, 0.2) is 144 Å². The average Bonchev–Trinajstić information content (AvgIpc) is 3.62. The maximum absolute atomic E-state index is 6.12. The predicted octanol–water partition coefficient (Wildman–Crippen LogP) is 11.4. The van der Waals surface area contributed by atoms with E-state index >= 15 is 0 Å². The number of fused-ring (bicyclic) bond motifs is 9. The van der Waals surface area contributed by atoms with Gasteiger partial charge in [-0.25, -0.2) is 15.0 Å². The molecule has 10 rings (SSSR count). The number of para-hydroxylation sites is 1. The summed E-state index contributed by atoms with van der Waals surface area (Å²) in [5.74, 6) is 1.92. The van der Waals surface area contributed by atoms with Gasteiger partial charge < -0.3 is 4.42 Å². The summed E-state index contributed by atoms with van der Waals surface area (Å²) in [6.07, 6.45) is 0. The Morgan fingerprint density at radius 1 is 0.417 bits per heavy atom. The second-order valence-corrected chi connectivity index (χ2v) is 13.2. The van der Waals surface area contributed by atoms with Crippen molar-refractivity contribution in [1.29, 1.82) is 0 Å². The fourth-order valence-corrected chi connectivity index (χ4v) is 7.69. The minimum atomic E-state index is -0.0744. The maximum atomic E-state index is 6.12. The van der Waals surface area contributed by atoms with E-state index in [1.807, 2.05) is 60.7 Å². The zero-order chi connectivity index (χ0) is 32.0. The molecule has 2 aromatic heterocycles. The molecule has 1 aliphatic carbocycles. The van der Waals surface area contributed by atoms with Crippen LogP contribution in [-0.2, 0) is 5.41 Å². The predicted molar refractivity (Wildman–Crippen MR) is 196 cm³/mol. The van der Waals surface area contributed by atoms with Crippen LogP contribution in [-0.4, -0.2) is 15.0 Å². The molecule has 2 heterocycles. The van der Waals surface area contributed by atoms with Crippen LogP contribution in [0.3, 0.4) is 0 Å². The number of aromatic nitrogens is 3. The third-order valence-corrected chi connectivity index (χ3v) is 10.1. The van der Waals surface area contributed by atoms with E-state index in [0.717, 1.165) is 44.0 Å². The summed E-state index contributed by atoms with van der Waals surface area (Å²) in [7, 11) is 0. The quantitative estimate of drug-likeness (QED) is 0.186. The summed E-state index contributed by atoms with van der Waals surface area (Å²) >= 11 is 0. The molecule has 7 aromatic carbocycles. The third kappa shape index (κ3) is 3.93. The van der Waals surface area contributed by atoms with Gasteiger partial charge in [0.05, 0.1) is 0 Å². The smallest absolute Gasteiger partial charge is 0.164 e. The van der Waals surface area contributed by atoms with Crippen molar-refractivity contribution >= 4 is 43.5 Å². The highest BCUT2D eigenvalue weighted by atomic mass is 16.3. The lowest BCUT2D eigenvalue weighted by atomic mass is 9.81. The molecule has 4 heteroatoms. The van der Waals surface area contributed by atoms with Gasteiger partial charge in [-0.1, -0.05) is 117 Å². The molecule has 0 saturated carbocycles. The molecule has 4 nitrogen and oxygen atoms in total. The standard InChI is InChI=1S/C44H29N3O/c1-44(2)37-17-8-6-13-31(37)35-23-27-19-21-30-29(34(27)25-38(35)44)15-10-16-33(30)43-46-41(26-11-4-3-5-12-26)45-42(47-43)28-20-22-40-36(24-28)32-14-7-9-18-39(32)48-40/h3-25H,1-2H3. The number of nitrogens with zero attached hydrogens (tertiary/aromatic N) is 3. The molecule has 0 spiro atoms. The maximum Gasteiger partial charge on any atom is 0.164 e. The Morgan fingerprint density at radius 2 is 1.12 bits per heavy atom. The lowest BCUT2D eigenvalue weighted by molar-refractivity contribution is 0.661. The first-order chi connectivity index (χ1) is 23.5. The molecule has 0 fully saturated rings. The van der Waals surface area contributed by atoms with Crippen molar-refractivity contribution in [2.24, 2.45) is 0 Å². The Kier molecular flexibility index (Phi) is 5.59. The highest BCUT2D eigenvalue weighted by molar-refractivity contribution is 6.13. The van der Waals surface area contributed by atoms with E-state index in [4.69, 9.17) is 19.4 Å². The van der Waals surface area contributed by atoms with Gasteiger partial charge in [-0.15, -0.1) is 0 Å². The van der Waals surface area contributed by atoms with E-state index < -0.39 is 0 Å². The molecule has 0 aliphatic heterocycles. The summed E-state index contributed by atoms with van der Waals surface area (Å²) < 4.78 is 6.12. The highest BCUT2D eigenvalue weighted by Crippen LogP contribution is 2.50. The van der Waals surface area contributed by atoms with Crippen LogP contribution >= 0.6 is 0 Å². The Hall–Kier alpha value is -6.13. The van der Waals surface area contributed by atoms with Gasteiger partial charge in [0.2, 0.25) is 0 Å². The fraction of sp³-hybridized carbons (Fsp3) is 0.0682. The third-order valence-electron chi connectivity index (χ3n) is 10.1. The molecule has 0 unspecified atom stereocenters. The summed E-state index contributed by atoms with van der Waals surface area (Å²) in [4.78, 5) is 15.3. The van der Waals surface area contributed by atoms with Gasteiger partial charge in [-0.05, 0) is 80.2 Å². The van der Waals surface area contributed by atoms with Crippen molar-refractivity contribution in [3.8, 4) is 45.3 Å². The number of furan rings is 1. The molecule has 0 amide bonds. The van der Waals surface area contributed by atoms with Gasteiger partial charge in [0.25, 0.3) is 0 Å². The summed E-state index contributed by atoms with van der Waals surface area (Å²) in [5.41, 5.74) is 9.89. The molecule has 1 aliphatic rings. The van der Waals surface area contributed by atoms with Crippen LogP contribution in [0.1, 0.15) is 25.0 Å². The second kappa shape index (κ2) is 9.93.